The molecule has 0 spiro atoms. The molecule has 2 aliphatic rings. The molecule has 1 atom stereocenters. The summed E-state index contributed by atoms with van der Waals surface area (Å²) >= 11 is 0. The van der Waals surface area contributed by atoms with Gasteiger partial charge in [-0.25, -0.2) is 15.0 Å². The molecule has 5 aromatic rings. The average molecular weight is 590 g/mol. The first-order chi connectivity index (χ1) is 21.4. The van der Waals surface area contributed by atoms with Gasteiger partial charge >= 0.3 is 0 Å². The fraction of sp³-hybridized carbons (Fsp3) is 0.226. The van der Waals surface area contributed by atoms with Crippen molar-refractivity contribution >= 4 is 23.2 Å². The maximum Gasteiger partial charge on any atom is 0.270 e. The number of amides is 2. The first kappa shape index (κ1) is 27.1. The van der Waals surface area contributed by atoms with E-state index in [0.717, 1.165) is 46.2 Å². The molecule has 2 aromatic heterocycles. The molecular weight excluding hydrogens is 562 g/mol. The van der Waals surface area contributed by atoms with Gasteiger partial charge in [0, 0.05) is 31.3 Å². The van der Waals surface area contributed by atoms with Crippen LogP contribution in [-0.4, -0.2) is 43.5 Å². The van der Waals surface area contributed by atoms with E-state index in [1.54, 1.807) is 0 Å². The number of hydrogen-bond acceptors (Lipinski definition) is 10. The summed E-state index contributed by atoms with van der Waals surface area (Å²) in [5, 5.41) is 12.7. The van der Waals surface area contributed by atoms with Gasteiger partial charge in [-0.2, -0.15) is 5.10 Å². The Morgan fingerprint density at radius 3 is 2.55 bits per heavy atom. The molecule has 0 unspecified atom stereocenters. The highest BCUT2D eigenvalue weighted by atomic mass is 16.2. The Bertz CT molecular complexity index is 2000. The Morgan fingerprint density at radius 2 is 1.75 bits per heavy atom. The van der Waals surface area contributed by atoms with E-state index in [2.05, 4.69) is 41.8 Å². The van der Waals surface area contributed by atoms with Crippen LogP contribution < -0.4 is 32.1 Å². The molecule has 1 aliphatic carbocycles. The van der Waals surface area contributed by atoms with Crippen LogP contribution in [0.1, 0.15) is 61.3 Å². The van der Waals surface area contributed by atoms with Crippen molar-refractivity contribution in [2.75, 3.05) is 17.2 Å². The van der Waals surface area contributed by atoms with E-state index in [0.29, 0.717) is 25.3 Å². The summed E-state index contributed by atoms with van der Waals surface area (Å²) in [5.74, 6) is -0.141. The molecule has 13 heteroatoms. The number of rotatable bonds is 7. The second-order valence-electron chi connectivity index (χ2n) is 11.0. The fourth-order valence-corrected chi connectivity index (χ4v) is 5.99. The van der Waals surface area contributed by atoms with Crippen molar-refractivity contribution in [3.8, 4) is 11.4 Å². The number of benzene rings is 2. The zero-order valence-corrected chi connectivity index (χ0v) is 23.5. The van der Waals surface area contributed by atoms with Gasteiger partial charge in [0.1, 0.15) is 35.4 Å². The lowest BCUT2D eigenvalue weighted by atomic mass is 9.96. The summed E-state index contributed by atoms with van der Waals surface area (Å²) in [5.41, 5.74) is 11.2. The normalized spacial score (nSPS) is 15.5. The number of hydrogen-bond donors (Lipinski definition) is 4. The van der Waals surface area contributed by atoms with Crippen molar-refractivity contribution in [1.82, 2.24) is 35.8 Å². The van der Waals surface area contributed by atoms with Crippen LogP contribution in [0.4, 0.5) is 11.4 Å². The van der Waals surface area contributed by atoms with Gasteiger partial charge in [-0.1, -0.05) is 30.3 Å². The highest BCUT2D eigenvalue weighted by Crippen LogP contribution is 2.33. The number of carbonyl (C=O) groups excluding carboxylic acids is 2. The molecule has 220 valence electrons. The highest BCUT2D eigenvalue weighted by molar-refractivity contribution is 5.97. The van der Waals surface area contributed by atoms with Gasteiger partial charge < -0.3 is 21.3 Å². The summed E-state index contributed by atoms with van der Waals surface area (Å²) in [7, 11) is 0. The van der Waals surface area contributed by atoms with Gasteiger partial charge in [0.05, 0.1) is 6.04 Å². The molecule has 0 saturated heterocycles. The van der Waals surface area contributed by atoms with E-state index in [9.17, 15) is 19.2 Å². The minimum Gasteiger partial charge on any atom is -0.394 e. The smallest absolute Gasteiger partial charge is 0.270 e. The third-order valence-corrected chi connectivity index (χ3v) is 8.32. The molecule has 0 fully saturated rings. The minimum absolute atomic E-state index is 0.0190. The molecule has 0 radical (unpaired) electrons. The van der Waals surface area contributed by atoms with Gasteiger partial charge in [-0.05, 0) is 53.1 Å². The molecule has 1 aliphatic heterocycles. The first-order valence-electron chi connectivity index (χ1n) is 14.2. The quantitative estimate of drug-likeness (QED) is 0.202. The van der Waals surface area contributed by atoms with Gasteiger partial charge in [-0.3, -0.25) is 24.3 Å². The number of aryl methyl sites for hydroxylation is 1. The topological polar surface area (TPSA) is 189 Å². The van der Waals surface area contributed by atoms with Crippen LogP contribution >= 0.6 is 0 Å². The Morgan fingerprint density at radius 1 is 0.909 bits per heavy atom. The van der Waals surface area contributed by atoms with Crippen molar-refractivity contribution in [3.05, 3.63) is 115 Å². The largest absolute Gasteiger partial charge is 0.394 e. The van der Waals surface area contributed by atoms with Crippen molar-refractivity contribution in [2.45, 2.75) is 38.4 Å². The third-order valence-electron chi connectivity index (χ3n) is 8.32. The molecule has 0 bridgehead atoms. The van der Waals surface area contributed by atoms with Crippen LogP contribution in [0.2, 0.25) is 0 Å². The molecule has 44 heavy (non-hydrogen) atoms. The molecule has 0 saturated carbocycles. The molecule has 7 rings (SSSR count). The number of nitrogens with one attached hydrogen (secondary N) is 3. The zero-order valence-electron chi connectivity index (χ0n) is 23.5. The molecular formula is C31H27N9O4. The predicted molar refractivity (Wildman–Crippen MR) is 161 cm³/mol. The van der Waals surface area contributed by atoms with Crippen LogP contribution in [0, 0.1) is 0 Å². The van der Waals surface area contributed by atoms with E-state index in [4.69, 9.17) is 5.73 Å². The molecule has 3 aromatic carbocycles. The first-order valence-corrected chi connectivity index (χ1v) is 14.2. The number of anilines is 2. The Balaban J connectivity index is 0.984. The Kier molecular flexibility index (Phi) is 6.68. The van der Waals surface area contributed by atoms with E-state index in [-0.39, 0.29) is 41.3 Å². The maximum atomic E-state index is 13.1. The van der Waals surface area contributed by atoms with Gasteiger partial charge in [-0.15, -0.1) is 0 Å². The summed E-state index contributed by atoms with van der Waals surface area (Å²) in [6.07, 6.45) is 4.94. The number of nitrogen functional groups attached to an aromatic ring is 1. The summed E-state index contributed by atoms with van der Waals surface area (Å²) in [6, 6.07) is 13.1. The lowest BCUT2D eigenvalue weighted by Crippen LogP contribution is -2.44. The number of fused-ring (bicyclic) bond motifs is 2. The third kappa shape index (κ3) is 4.87. The molecule has 3 heterocycles. The van der Waals surface area contributed by atoms with E-state index < -0.39 is 16.8 Å². The summed E-state index contributed by atoms with van der Waals surface area (Å²) in [4.78, 5) is 63.8. The standard InChI is InChI=1S/C31H27N9O4/c32-25-26(28(42)27(25)41)40-8-7-17-2-1-16(9-20(17)13-40)12-33-30(43)23-11-24(35-14-34-23)31(44)38-22-6-4-18-10-19(3-5-21(18)22)29-36-15-37-39-29/h1-3,5,9-11,14-15,22H,4,6-8,12-13,32H2,(H,33,43)(H,38,44)(H,36,37,39)/t22-/m0/s1. The van der Waals surface area contributed by atoms with Crippen molar-refractivity contribution in [1.29, 1.82) is 0 Å². The Hall–Kier alpha value is -5.72. The molecule has 2 amide bonds. The second kappa shape index (κ2) is 10.8. The van der Waals surface area contributed by atoms with Gasteiger partial charge in [0.15, 0.2) is 5.82 Å². The zero-order chi connectivity index (χ0) is 30.4. The SMILES string of the molecule is Nc1c(N2CCc3ccc(CNC(=O)c4cc(C(=O)N[C@H]5CCc6cc(-c7ncn[nH]7)ccc65)ncn4)cc3C2)c(=O)c1=O. The van der Waals surface area contributed by atoms with E-state index in [1.807, 2.05) is 35.2 Å². The van der Waals surface area contributed by atoms with Gasteiger partial charge in [0.25, 0.3) is 22.7 Å². The number of nitrogens with two attached hydrogens (primary N) is 1. The lowest BCUT2D eigenvalue weighted by Gasteiger charge is -2.32. The number of nitrogens with zero attached hydrogens (tertiary/aromatic N) is 5. The van der Waals surface area contributed by atoms with Crippen LogP contribution in [0.3, 0.4) is 0 Å². The van der Waals surface area contributed by atoms with Crippen molar-refractivity contribution in [3.63, 3.8) is 0 Å². The maximum absolute atomic E-state index is 13.1. The molecule has 5 N–H and O–H groups in total. The monoisotopic (exact) mass is 589 g/mol. The van der Waals surface area contributed by atoms with Crippen molar-refractivity contribution < 1.29 is 9.59 Å². The summed E-state index contributed by atoms with van der Waals surface area (Å²) < 4.78 is 0. The van der Waals surface area contributed by atoms with Crippen LogP contribution in [-0.2, 0) is 25.9 Å². The Labute approximate surface area is 250 Å². The second-order valence-corrected chi connectivity index (χ2v) is 11.0. The van der Waals surface area contributed by atoms with E-state index in [1.165, 1.54) is 18.7 Å². The van der Waals surface area contributed by atoms with Crippen molar-refractivity contribution in [2.24, 2.45) is 0 Å². The van der Waals surface area contributed by atoms with Gasteiger partial charge in [0.2, 0.25) is 0 Å². The molecule has 13 nitrogen and oxygen atoms in total. The number of aromatic amines is 1. The van der Waals surface area contributed by atoms with E-state index >= 15 is 0 Å². The average Bonchev–Trinajstić information content (AvgIpc) is 3.74. The van der Waals surface area contributed by atoms with Crippen LogP contribution in [0.15, 0.2) is 64.7 Å². The minimum atomic E-state index is -0.630. The number of H-pyrrole nitrogens is 1. The lowest BCUT2D eigenvalue weighted by molar-refractivity contribution is 0.0931. The fourth-order valence-electron chi connectivity index (χ4n) is 5.99. The predicted octanol–water partition coefficient (Wildman–Crippen LogP) is 1.35. The van der Waals surface area contributed by atoms with Crippen LogP contribution in [0.25, 0.3) is 11.4 Å². The van der Waals surface area contributed by atoms with Crippen LogP contribution in [0.5, 0.6) is 0 Å². The highest BCUT2D eigenvalue weighted by Gasteiger charge is 2.28. The number of carbonyl (C=O) groups is 2. The number of aromatic nitrogens is 5. The summed E-state index contributed by atoms with van der Waals surface area (Å²) in [6.45, 7) is 1.28.